The van der Waals surface area contributed by atoms with Crippen molar-refractivity contribution in [2.24, 2.45) is 5.92 Å². The Morgan fingerprint density at radius 3 is 2.79 bits per heavy atom. The van der Waals surface area contributed by atoms with Crippen LogP contribution in [0.3, 0.4) is 0 Å². The van der Waals surface area contributed by atoms with E-state index < -0.39 is 0 Å². The molecule has 0 radical (unpaired) electrons. The molecule has 0 N–H and O–H groups in total. The van der Waals surface area contributed by atoms with Crippen molar-refractivity contribution >= 4 is 11.5 Å². The summed E-state index contributed by atoms with van der Waals surface area (Å²) in [5.74, 6) is 1.01. The molecule has 1 aliphatic heterocycles. The zero-order chi connectivity index (χ0) is 16.7. The van der Waals surface area contributed by atoms with E-state index in [9.17, 15) is 9.59 Å². The molecule has 1 aliphatic rings. The zero-order valence-electron chi connectivity index (χ0n) is 13.3. The standard InChI is InChI=1S/C17H17N5O2/c1-12-5-6-16(23)22(19-12)11-13-9-20(10-13)15-8-17(24)21-7-3-2-4-14(21)18-15/h2-8,13H,9-11H2,1H3. The van der Waals surface area contributed by atoms with Gasteiger partial charge in [-0.05, 0) is 25.1 Å². The van der Waals surface area contributed by atoms with Gasteiger partial charge in [-0.25, -0.2) is 9.67 Å². The molecule has 3 aromatic heterocycles. The molecular formula is C17H17N5O2. The van der Waals surface area contributed by atoms with Gasteiger partial charge in [-0.2, -0.15) is 5.10 Å². The molecule has 7 nitrogen and oxygen atoms in total. The quantitative estimate of drug-likeness (QED) is 0.709. The number of aromatic nitrogens is 4. The third-order valence-electron chi connectivity index (χ3n) is 4.27. The zero-order valence-corrected chi connectivity index (χ0v) is 13.3. The molecule has 1 fully saturated rings. The number of hydrogen-bond donors (Lipinski definition) is 0. The van der Waals surface area contributed by atoms with Gasteiger partial charge in [0.05, 0.1) is 12.2 Å². The molecule has 4 heterocycles. The van der Waals surface area contributed by atoms with Crippen LogP contribution in [0.15, 0.2) is 52.2 Å². The Labute approximate surface area is 137 Å². The Kier molecular flexibility index (Phi) is 3.41. The minimum absolute atomic E-state index is 0.0823. The highest BCUT2D eigenvalue weighted by molar-refractivity contribution is 5.49. The van der Waals surface area contributed by atoms with Crippen molar-refractivity contribution in [3.63, 3.8) is 0 Å². The summed E-state index contributed by atoms with van der Waals surface area (Å²) >= 11 is 0. The van der Waals surface area contributed by atoms with Crippen LogP contribution in [0, 0.1) is 12.8 Å². The van der Waals surface area contributed by atoms with Gasteiger partial charge < -0.3 is 4.90 Å². The van der Waals surface area contributed by atoms with Crippen LogP contribution in [0.4, 0.5) is 5.82 Å². The number of hydrogen-bond acceptors (Lipinski definition) is 5. The van der Waals surface area contributed by atoms with E-state index in [4.69, 9.17) is 0 Å². The summed E-state index contributed by atoms with van der Waals surface area (Å²) < 4.78 is 3.04. The van der Waals surface area contributed by atoms with Crippen LogP contribution in [-0.2, 0) is 6.54 Å². The summed E-state index contributed by atoms with van der Waals surface area (Å²) in [6.07, 6.45) is 1.71. The number of rotatable bonds is 3. The summed E-state index contributed by atoms with van der Waals surface area (Å²) in [5, 5.41) is 4.26. The van der Waals surface area contributed by atoms with E-state index in [-0.39, 0.29) is 11.1 Å². The second kappa shape index (κ2) is 5.59. The fraction of sp³-hybridized carbons (Fsp3) is 0.294. The molecule has 0 aliphatic carbocycles. The Balaban J connectivity index is 1.50. The molecule has 1 saturated heterocycles. The van der Waals surface area contributed by atoms with Gasteiger partial charge >= 0.3 is 0 Å². The van der Waals surface area contributed by atoms with E-state index in [1.54, 1.807) is 24.4 Å². The van der Waals surface area contributed by atoms with Crippen LogP contribution in [0.5, 0.6) is 0 Å². The first-order valence-corrected chi connectivity index (χ1v) is 7.88. The average Bonchev–Trinajstić information content (AvgIpc) is 2.53. The van der Waals surface area contributed by atoms with Crippen LogP contribution in [-0.4, -0.2) is 32.3 Å². The van der Waals surface area contributed by atoms with Crippen LogP contribution >= 0.6 is 0 Å². The van der Waals surface area contributed by atoms with Gasteiger partial charge in [-0.3, -0.25) is 14.0 Å². The van der Waals surface area contributed by atoms with Gasteiger partial charge in [0.15, 0.2) is 0 Å². The molecule has 24 heavy (non-hydrogen) atoms. The number of fused-ring (bicyclic) bond motifs is 1. The average molecular weight is 323 g/mol. The highest BCUT2D eigenvalue weighted by Gasteiger charge is 2.29. The molecule has 0 amide bonds. The Morgan fingerprint density at radius 1 is 1.12 bits per heavy atom. The van der Waals surface area contributed by atoms with Crippen molar-refractivity contribution in [3.8, 4) is 0 Å². The van der Waals surface area contributed by atoms with Crippen molar-refractivity contribution in [1.82, 2.24) is 19.2 Å². The number of aryl methyl sites for hydroxylation is 1. The van der Waals surface area contributed by atoms with E-state index in [2.05, 4.69) is 15.0 Å². The van der Waals surface area contributed by atoms with Gasteiger partial charge in [0.25, 0.3) is 11.1 Å². The first kappa shape index (κ1) is 14.6. The second-order valence-electron chi connectivity index (χ2n) is 6.15. The van der Waals surface area contributed by atoms with Crippen molar-refractivity contribution in [1.29, 1.82) is 0 Å². The smallest absolute Gasteiger partial charge is 0.266 e. The summed E-state index contributed by atoms with van der Waals surface area (Å²) in [5.41, 5.74) is 1.30. The number of nitrogens with zero attached hydrogens (tertiary/aromatic N) is 5. The molecule has 0 unspecified atom stereocenters. The van der Waals surface area contributed by atoms with Crippen LogP contribution in [0.2, 0.25) is 0 Å². The molecule has 0 spiro atoms. The molecule has 0 atom stereocenters. The highest BCUT2D eigenvalue weighted by Crippen LogP contribution is 2.22. The molecular weight excluding hydrogens is 306 g/mol. The highest BCUT2D eigenvalue weighted by atomic mass is 16.1. The lowest BCUT2D eigenvalue weighted by Gasteiger charge is -2.40. The fourth-order valence-corrected chi connectivity index (χ4v) is 3.00. The van der Waals surface area contributed by atoms with E-state index in [1.807, 2.05) is 25.1 Å². The monoisotopic (exact) mass is 323 g/mol. The van der Waals surface area contributed by atoms with Crippen LogP contribution in [0.25, 0.3) is 5.65 Å². The molecule has 0 bridgehead atoms. The SMILES string of the molecule is Cc1ccc(=O)n(CC2CN(c3cc(=O)n4ccccc4n3)C2)n1. The summed E-state index contributed by atoms with van der Waals surface area (Å²) in [7, 11) is 0. The molecule has 4 rings (SSSR count). The Hall–Kier alpha value is -2.96. The van der Waals surface area contributed by atoms with Crippen LogP contribution < -0.4 is 16.0 Å². The van der Waals surface area contributed by atoms with Gasteiger partial charge in [0, 0.05) is 37.3 Å². The van der Waals surface area contributed by atoms with Crippen molar-refractivity contribution < 1.29 is 0 Å². The first-order valence-electron chi connectivity index (χ1n) is 7.88. The number of anilines is 1. The Bertz CT molecular complexity index is 1020. The van der Waals surface area contributed by atoms with E-state index in [1.165, 1.54) is 9.08 Å². The number of pyridine rings is 1. The van der Waals surface area contributed by atoms with Crippen molar-refractivity contribution in [2.45, 2.75) is 13.5 Å². The van der Waals surface area contributed by atoms with Gasteiger partial charge in [0.1, 0.15) is 11.5 Å². The lowest BCUT2D eigenvalue weighted by Crippen LogP contribution is -2.50. The maximum Gasteiger partial charge on any atom is 0.266 e. The molecule has 3 aromatic rings. The van der Waals surface area contributed by atoms with Gasteiger partial charge in [0.2, 0.25) is 0 Å². The van der Waals surface area contributed by atoms with Gasteiger partial charge in [-0.1, -0.05) is 6.07 Å². The summed E-state index contributed by atoms with van der Waals surface area (Å²) in [6.45, 7) is 3.98. The second-order valence-corrected chi connectivity index (χ2v) is 6.15. The van der Waals surface area contributed by atoms with Crippen molar-refractivity contribution in [2.75, 3.05) is 18.0 Å². The van der Waals surface area contributed by atoms with Crippen LogP contribution in [0.1, 0.15) is 5.69 Å². The van der Waals surface area contributed by atoms with E-state index >= 15 is 0 Å². The maximum absolute atomic E-state index is 12.1. The third-order valence-corrected chi connectivity index (χ3v) is 4.27. The minimum atomic E-state index is -0.0874. The molecule has 122 valence electrons. The first-order chi connectivity index (χ1) is 11.6. The lowest BCUT2D eigenvalue weighted by molar-refractivity contribution is 0.332. The molecule has 0 saturated carbocycles. The molecule has 0 aromatic carbocycles. The summed E-state index contributed by atoms with van der Waals surface area (Å²) in [6, 6.07) is 10.3. The predicted molar refractivity (Wildman–Crippen MR) is 90.4 cm³/mol. The van der Waals surface area contributed by atoms with E-state index in [0.717, 1.165) is 18.8 Å². The third kappa shape index (κ3) is 2.58. The van der Waals surface area contributed by atoms with Gasteiger partial charge in [-0.15, -0.1) is 0 Å². The van der Waals surface area contributed by atoms with E-state index in [0.29, 0.717) is 23.9 Å². The fourth-order valence-electron chi connectivity index (χ4n) is 3.00. The molecule has 7 heteroatoms. The topological polar surface area (TPSA) is 72.5 Å². The van der Waals surface area contributed by atoms with Crippen molar-refractivity contribution in [3.05, 3.63) is 69.0 Å². The maximum atomic E-state index is 12.1. The Morgan fingerprint density at radius 2 is 1.96 bits per heavy atom. The predicted octanol–water partition coefficient (Wildman–Crippen LogP) is 0.696. The lowest BCUT2D eigenvalue weighted by atomic mass is 10.0. The normalized spacial score (nSPS) is 14.8. The summed E-state index contributed by atoms with van der Waals surface area (Å²) in [4.78, 5) is 30.6. The minimum Gasteiger partial charge on any atom is -0.356 e. The largest absolute Gasteiger partial charge is 0.356 e.